The van der Waals surface area contributed by atoms with E-state index in [1.807, 2.05) is 37.3 Å². The molecule has 7 nitrogen and oxygen atoms in total. The summed E-state index contributed by atoms with van der Waals surface area (Å²) in [5.74, 6) is -0.453. The minimum absolute atomic E-state index is 0.0330. The van der Waals surface area contributed by atoms with Gasteiger partial charge < -0.3 is 15.4 Å². The molecule has 35 heavy (non-hydrogen) atoms. The highest BCUT2D eigenvalue weighted by atomic mass is 35.5. The molecule has 0 spiro atoms. The number of rotatable bonds is 9. The second-order valence-corrected chi connectivity index (χ2v) is 8.87. The molecule has 0 aliphatic rings. The van der Waals surface area contributed by atoms with Crippen molar-refractivity contribution in [3.8, 4) is 11.3 Å². The van der Waals surface area contributed by atoms with E-state index in [2.05, 4.69) is 10.6 Å². The van der Waals surface area contributed by atoms with Gasteiger partial charge in [-0.25, -0.2) is 4.98 Å². The summed E-state index contributed by atoms with van der Waals surface area (Å²) in [6, 6.07) is 13.9. The van der Waals surface area contributed by atoms with Gasteiger partial charge in [-0.05, 0) is 42.3 Å². The number of ether oxygens (including phenoxy) is 1. The molecule has 0 saturated heterocycles. The van der Waals surface area contributed by atoms with Gasteiger partial charge in [-0.1, -0.05) is 48.3 Å². The molecule has 4 rings (SSSR count). The zero-order chi connectivity index (χ0) is 25.1. The molecule has 0 aliphatic carbocycles. The summed E-state index contributed by atoms with van der Waals surface area (Å²) in [5, 5.41) is 7.89. The Bertz CT molecular complexity index is 1460. The van der Waals surface area contributed by atoms with Gasteiger partial charge in [-0.2, -0.15) is 0 Å². The average Bonchev–Trinajstić information content (AvgIpc) is 2.86. The Morgan fingerprint density at radius 3 is 2.43 bits per heavy atom. The monoisotopic (exact) mass is 511 g/mol. The van der Waals surface area contributed by atoms with E-state index >= 15 is 0 Å². The Morgan fingerprint density at radius 2 is 1.74 bits per heavy atom. The molecule has 1 unspecified atom stereocenters. The van der Waals surface area contributed by atoms with Gasteiger partial charge in [0, 0.05) is 17.5 Å². The number of hydrogen-bond acceptors (Lipinski definition) is 7. The number of pyridine rings is 1. The highest BCUT2D eigenvalue weighted by Crippen LogP contribution is 2.35. The van der Waals surface area contributed by atoms with Gasteiger partial charge in [0.2, 0.25) is 0 Å². The molecule has 0 aliphatic heterocycles. The van der Waals surface area contributed by atoms with Gasteiger partial charge in [-0.3, -0.25) is 14.4 Å². The van der Waals surface area contributed by atoms with Crippen LogP contribution in [0.1, 0.15) is 31.4 Å². The first-order valence-electron chi connectivity index (χ1n) is 11.1. The van der Waals surface area contributed by atoms with Crippen molar-refractivity contribution < 1.29 is 9.53 Å². The van der Waals surface area contributed by atoms with E-state index in [9.17, 15) is 14.4 Å². The number of carbonyl (C=O) groups is 1. The molecule has 0 bridgehead atoms. The summed E-state index contributed by atoms with van der Waals surface area (Å²) in [4.78, 5) is 41.1. The lowest BCUT2D eigenvalue weighted by Crippen LogP contribution is -2.38. The molecule has 9 heteroatoms. The fourth-order valence-corrected chi connectivity index (χ4v) is 4.46. The van der Waals surface area contributed by atoms with Crippen molar-refractivity contribution in [2.45, 2.75) is 25.8 Å². The standard InChI is InChI=1S/C26H23Cl2N3O4/c1-3-11-29-23-24(26(34)25(23)33)31-20(13-21(32)35-2)15-7-9-18-14(12-15)8-10-19(30-18)22-16(27)5-4-6-17(22)28/h4-10,12,20,29,31H,3,11,13H2,1-2H3. The summed E-state index contributed by atoms with van der Waals surface area (Å²) >= 11 is 12.7. The number of esters is 1. The fourth-order valence-electron chi connectivity index (χ4n) is 3.87. The number of aromatic nitrogens is 1. The number of benzene rings is 2. The quantitative estimate of drug-likeness (QED) is 0.231. The van der Waals surface area contributed by atoms with Crippen molar-refractivity contribution in [3.05, 3.63) is 84.6 Å². The second kappa shape index (κ2) is 10.5. The van der Waals surface area contributed by atoms with E-state index < -0.39 is 22.9 Å². The van der Waals surface area contributed by atoms with Crippen LogP contribution in [0.5, 0.6) is 0 Å². The molecule has 1 heterocycles. The van der Waals surface area contributed by atoms with Gasteiger partial charge in [0.25, 0.3) is 10.9 Å². The first-order chi connectivity index (χ1) is 16.8. The third-order valence-electron chi connectivity index (χ3n) is 5.71. The summed E-state index contributed by atoms with van der Waals surface area (Å²) in [7, 11) is 1.30. The average molecular weight is 512 g/mol. The summed E-state index contributed by atoms with van der Waals surface area (Å²) in [5.41, 5.74) is 1.99. The van der Waals surface area contributed by atoms with Crippen LogP contribution in [0.25, 0.3) is 22.2 Å². The number of nitrogens with zero attached hydrogens (tertiary/aromatic N) is 1. The van der Waals surface area contributed by atoms with E-state index in [4.69, 9.17) is 32.9 Å². The molecule has 1 aromatic heterocycles. The Kier molecular flexibility index (Phi) is 7.38. The minimum atomic E-state index is -0.609. The van der Waals surface area contributed by atoms with Crippen molar-refractivity contribution in [1.82, 2.24) is 4.98 Å². The molecule has 3 aromatic carbocycles. The maximum atomic E-state index is 12.2. The molecule has 180 valence electrons. The Balaban J connectivity index is 1.69. The predicted molar refractivity (Wildman–Crippen MR) is 140 cm³/mol. The number of anilines is 2. The number of nitrogens with one attached hydrogen (secondary N) is 2. The largest absolute Gasteiger partial charge is 0.469 e. The Hall–Kier alpha value is -3.42. The minimum Gasteiger partial charge on any atom is -0.469 e. The lowest BCUT2D eigenvalue weighted by molar-refractivity contribution is -0.140. The van der Waals surface area contributed by atoms with Crippen LogP contribution >= 0.6 is 23.2 Å². The van der Waals surface area contributed by atoms with Crippen molar-refractivity contribution >= 4 is 51.4 Å². The zero-order valence-corrected chi connectivity index (χ0v) is 20.7. The second-order valence-electron chi connectivity index (χ2n) is 8.06. The maximum absolute atomic E-state index is 12.2. The molecule has 4 aromatic rings. The number of hydrogen-bond donors (Lipinski definition) is 2. The van der Waals surface area contributed by atoms with E-state index in [0.717, 1.165) is 17.4 Å². The summed E-state index contributed by atoms with van der Waals surface area (Å²) in [6.45, 7) is 2.51. The van der Waals surface area contributed by atoms with Crippen LogP contribution in [0.15, 0.2) is 58.1 Å². The van der Waals surface area contributed by atoms with Crippen LogP contribution in [0.2, 0.25) is 10.0 Å². The number of halogens is 2. The molecule has 0 saturated carbocycles. The van der Waals surface area contributed by atoms with Gasteiger partial charge in [-0.15, -0.1) is 0 Å². The molecule has 1 atom stereocenters. The van der Waals surface area contributed by atoms with E-state index in [1.165, 1.54) is 7.11 Å². The van der Waals surface area contributed by atoms with Crippen molar-refractivity contribution in [1.29, 1.82) is 0 Å². The maximum Gasteiger partial charge on any atom is 0.307 e. The van der Waals surface area contributed by atoms with Gasteiger partial charge >= 0.3 is 5.97 Å². The molecule has 2 N–H and O–H groups in total. The molecule has 0 fully saturated rings. The number of fused-ring (bicyclic) bond motifs is 1. The van der Waals surface area contributed by atoms with Gasteiger partial charge in [0.15, 0.2) is 0 Å². The first kappa shape index (κ1) is 24.7. The molecular formula is C26H23Cl2N3O4. The van der Waals surface area contributed by atoms with Crippen LogP contribution < -0.4 is 21.5 Å². The fraction of sp³-hybridized carbons (Fsp3) is 0.231. The van der Waals surface area contributed by atoms with E-state index in [1.54, 1.807) is 18.2 Å². The topological polar surface area (TPSA) is 97.4 Å². The zero-order valence-electron chi connectivity index (χ0n) is 19.2. The Morgan fingerprint density at radius 1 is 1.03 bits per heavy atom. The van der Waals surface area contributed by atoms with Crippen molar-refractivity contribution in [3.63, 3.8) is 0 Å². The number of methoxy groups -OCH3 is 1. The van der Waals surface area contributed by atoms with E-state index in [0.29, 0.717) is 33.4 Å². The number of carbonyl (C=O) groups excluding carboxylic acids is 1. The molecule has 0 radical (unpaired) electrons. The predicted octanol–water partition coefficient (Wildman–Crippen LogP) is 5.34. The summed E-state index contributed by atoms with van der Waals surface area (Å²) in [6.07, 6.45) is 0.762. The molecule has 0 amide bonds. The van der Waals surface area contributed by atoms with Crippen molar-refractivity contribution in [2.24, 2.45) is 0 Å². The molecular weight excluding hydrogens is 489 g/mol. The Labute approximate surface area is 211 Å². The third kappa shape index (κ3) is 5.01. The lowest BCUT2D eigenvalue weighted by atomic mass is 9.99. The normalized spacial score (nSPS) is 12.0. The van der Waals surface area contributed by atoms with E-state index in [-0.39, 0.29) is 17.8 Å². The summed E-state index contributed by atoms with van der Waals surface area (Å²) < 4.78 is 4.85. The SMILES string of the molecule is CCCNc1c(NC(CC(=O)OC)c2ccc3nc(-c4c(Cl)cccc4Cl)ccc3c2)c(=O)c1=O. The smallest absolute Gasteiger partial charge is 0.307 e. The van der Waals surface area contributed by atoms with Crippen molar-refractivity contribution in [2.75, 3.05) is 24.3 Å². The van der Waals surface area contributed by atoms with Gasteiger partial charge in [0.1, 0.15) is 11.4 Å². The van der Waals surface area contributed by atoms with Crippen LogP contribution in [0, 0.1) is 0 Å². The lowest BCUT2D eigenvalue weighted by Gasteiger charge is -2.22. The van der Waals surface area contributed by atoms with Crippen LogP contribution in [0.3, 0.4) is 0 Å². The van der Waals surface area contributed by atoms with Crippen LogP contribution in [-0.4, -0.2) is 24.6 Å². The van der Waals surface area contributed by atoms with Crippen LogP contribution in [0.4, 0.5) is 11.4 Å². The van der Waals surface area contributed by atoms with Crippen LogP contribution in [-0.2, 0) is 9.53 Å². The van der Waals surface area contributed by atoms with Gasteiger partial charge in [0.05, 0.1) is 40.8 Å². The first-order valence-corrected chi connectivity index (χ1v) is 11.8. The highest BCUT2D eigenvalue weighted by Gasteiger charge is 2.25. The highest BCUT2D eigenvalue weighted by molar-refractivity contribution is 6.39. The third-order valence-corrected chi connectivity index (χ3v) is 6.34.